The Balaban J connectivity index is 1.95. The van der Waals surface area contributed by atoms with E-state index in [1.165, 1.54) is 0 Å². The van der Waals surface area contributed by atoms with E-state index in [-0.39, 0.29) is 16.2 Å². The van der Waals surface area contributed by atoms with Gasteiger partial charge in [-0.05, 0) is 43.2 Å². The maximum Gasteiger partial charge on any atom is 0.374 e. The third kappa shape index (κ3) is 3.10. The second-order valence-electron chi connectivity index (χ2n) is 8.63. The van der Waals surface area contributed by atoms with E-state index in [4.69, 9.17) is 4.74 Å². The lowest BCUT2D eigenvalue weighted by Gasteiger charge is -2.39. The van der Waals surface area contributed by atoms with Gasteiger partial charge in [-0.15, -0.1) is 0 Å². The molecule has 0 unspecified atom stereocenters. The van der Waals surface area contributed by atoms with Crippen molar-refractivity contribution in [1.29, 1.82) is 0 Å². The topological polar surface area (TPSA) is 89.5 Å². The van der Waals surface area contributed by atoms with Crippen molar-refractivity contribution >= 4 is 21.8 Å². The molecule has 1 aromatic rings. The highest BCUT2D eigenvalue weighted by atomic mass is 32.2. The first-order chi connectivity index (χ1) is 12.4. The van der Waals surface area contributed by atoms with Crippen LogP contribution in [0, 0.1) is 23.7 Å². The smallest absolute Gasteiger partial charge is 0.374 e. The van der Waals surface area contributed by atoms with Gasteiger partial charge in [-0.25, -0.2) is 17.9 Å². The molecule has 0 aliphatic heterocycles. The fourth-order valence-electron chi connectivity index (χ4n) is 4.82. The van der Waals surface area contributed by atoms with Gasteiger partial charge in [0.2, 0.25) is 15.8 Å². The molecule has 0 aromatic heterocycles. The number of sulfonamides is 1. The Kier molecular flexibility index (Phi) is 4.75. The number of hydrogen-bond acceptors (Lipinski definition) is 5. The van der Waals surface area contributed by atoms with Crippen LogP contribution >= 0.6 is 0 Å². The SMILES string of the molecule is CC(=O)C(=O)O[C@@H]1[C@H](NS(=O)(=O)c2ccc(C)cc2)[C@H]2CC[C@]1(C)C2(C)C. The molecule has 3 rings (SSSR count). The van der Waals surface area contributed by atoms with Crippen molar-refractivity contribution in [1.82, 2.24) is 4.72 Å². The third-order valence-corrected chi connectivity index (χ3v) is 8.38. The van der Waals surface area contributed by atoms with Crippen molar-refractivity contribution in [3.63, 3.8) is 0 Å². The van der Waals surface area contributed by atoms with Crippen LogP contribution in [0.4, 0.5) is 0 Å². The molecule has 1 aromatic carbocycles. The molecule has 2 aliphatic rings. The van der Waals surface area contributed by atoms with Crippen LogP contribution in [-0.2, 0) is 24.3 Å². The number of fused-ring (bicyclic) bond motifs is 2. The predicted octanol–water partition coefficient (Wildman–Crippen LogP) is 2.60. The number of esters is 1. The summed E-state index contributed by atoms with van der Waals surface area (Å²) < 4.78 is 34.2. The van der Waals surface area contributed by atoms with Gasteiger partial charge in [-0.1, -0.05) is 38.5 Å². The molecule has 0 saturated heterocycles. The molecule has 0 heterocycles. The van der Waals surface area contributed by atoms with E-state index in [0.717, 1.165) is 25.3 Å². The van der Waals surface area contributed by atoms with Crippen LogP contribution in [0.25, 0.3) is 0 Å². The molecule has 7 heteroatoms. The monoisotopic (exact) mass is 393 g/mol. The van der Waals surface area contributed by atoms with Gasteiger partial charge in [0, 0.05) is 12.3 Å². The molecule has 0 radical (unpaired) electrons. The van der Waals surface area contributed by atoms with Crippen molar-refractivity contribution in [3.05, 3.63) is 29.8 Å². The molecule has 6 nitrogen and oxygen atoms in total. The van der Waals surface area contributed by atoms with Crippen LogP contribution in [0.15, 0.2) is 29.2 Å². The van der Waals surface area contributed by atoms with Gasteiger partial charge in [0.25, 0.3) is 0 Å². The Bertz CT molecular complexity index is 874. The minimum Gasteiger partial charge on any atom is -0.454 e. The van der Waals surface area contributed by atoms with Crippen LogP contribution < -0.4 is 4.72 Å². The average molecular weight is 394 g/mol. The molecular weight excluding hydrogens is 366 g/mol. The largest absolute Gasteiger partial charge is 0.454 e. The summed E-state index contributed by atoms with van der Waals surface area (Å²) in [5.74, 6) is -1.57. The molecule has 2 aliphatic carbocycles. The summed E-state index contributed by atoms with van der Waals surface area (Å²) in [5, 5.41) is 0. The summed E-state index contributed by atoms with van der Waals surface area (Å²) in [6.07, 6.45) is 0.991. The molecule has 4 atom stereocenters. The molecule has 2 saturated carbocycles. The summed E-state index contributed by atoms with van der Waals surface area (Å²) in [6, 6.07) is 6.05. The van der Waals surface area contributed by atoms with Crippen molar-refractivity contribution in [2.45, 2.75) is 64.5 Å². The number of aryl methyl sites for hydroxylation is 1. The highest BCUT2D eigenvalue weighted by molar-refractivity contribution is 7.89. The molecule has 0 amide bonds. The van der Waals surface area contributed by atoms with Crippen LogP contribution in [0.3, 0.4) is 0 Å². The minimum absolute atomic E-state index is 0.0208. The van der Waals surface area contributed by atoms with Gasteiger partial charge in [0.1, 0.15) is 6.10 Å². The summed E-state index contributed by atoms with van der Waals surface area (Å²) in [4.78, 5) is 23.6. The van der Waals surface area contributed by atoms with E-state index in [0.29, 0.717) is 0 Å². The summed E-state index contributed by atoms with van der Waals surface area (Å²) in [6.45, 7) is 9.24. The van der Waals surface area contributed by atoms with Crippen LogP contribution in [0.2, 0.25) is 0 Å². The van der Waals surface area contributed by atoms with Gasteiger partial charge in [0.05, 0.1) is 10.9 Å². The van der Waals surface area contributed by atoms with Crippen LogP contribution in [0.5, 0.6) is 0 Å². The zero-order valence-corrected chi connectivity index (χ0v) is 17.2. The number of carbonyl (C=O) groups is 2. The van der Waals surface area contributed by atoms with Gasteiger partial charge in [-0.2, -0.15) is 0 Å². The number of rotatable bonds is 5. The number of ketones is 1. The number of benzene rings is 1. The zero-order valence-electron chi connectivity index (χ0n) is 16.4. The molecule has 2 fully saturated rings. The standard InChI is InChI=1S/C20H27NO5S/c1-12-6-8-14(9-7-12)27(24,25)21-16-15-10-11-20(5,19(15,3)4)17(16)26-18(23)13(2)22/h6-9,15-17,21H,10-11H2,1-5H3/t15-,16-,17-,20+/m1/s1. The Labute approximate surface area is 160 Å². The van der Waals surface area contributed by atoms with E-state index in [1.54, 1.807) is 24.3 Å². The Hall–Kier alpha value is -1.73. The Morgan fingerprint density at radius 1 is 1.15 bits per heavy atom. The summed E-state index contributed by atoms with van der Waals surface area (Å²) in [5.41, 5.74) is 0.342. The lowest BCUT2D eigenvalue weighted by molar-refractivity contribution is -0.164. The van der Waals surface area contributed by atoms with E-state index >= 15 is 0 Å². The summed E-state index contributed by atoms with van der Waals surface area (Å²) >= 11 is 0. The minimum atomic E-state index is -3.78. The van der Waals surface area contributed by atoms with Crippen molar-refractivity contribution in [2.24, 2.45) is 16.7 Å². The Morgan fingerprint density at radius 3 is 2.30 bits per heavy atom. The fraction of sp³-hybridized carbons (Fsp3) is 0.600. The second kappa shape index (κ2) is 6.41. The lowest BCUT2D eigenvalue weighted by atomic mass is 9.70. The summed E-state index contributed by atoms with van der Waals surface area (Å²) in [7, 11) is -3.78. The normalized spacial score (nSPS) is 31.7. The van der Waals surface area contributed by atoms with Crippen molar-refractivity contribution in [2.75, 3.05) is 0 Å². The number of ether oxygens (including phenoxy) is 1. The van der Waals surface area contributed by atoms with Gasteiger partial charge in [-0.3, -0.25) is 4.79 Å². The third-order valence-electron chi connectivity index (χ3n) is 6.91. The Morgan fingerprint density at radius 2 is 1.74 bits per heavy atom. The number of hydrogen-bond donors (Lipinski definition) is 1. The quantitative estimate of drug-likeness (QED) is 0.613. The molecule has 27 heavy (non-hydrogen) atoms. The first-order valence-electron chi connectivity index (χ1n) is 9.21. The lowest BCUT2D eigenvalue weighted by Crippen LogP contribution is -2.51. The van der Waals surface area contributed by atoms with E-state index in [1.807, 2.05) is 13.8 Å². The number of carbonyl (C=O) groups excluding carboxylic acids is 2. The predicted molar refractivity (Wildman–Crippen MR) is 100 cm³/mol. The zero-order chi connectivity index (χ0) is 20.2. The highest BCUT2D eigenvalue weighted by Gasteiger charge is 2.68. The fourth-order valence-corrected chi connectivity index (χ4v) is 6.09. The first-order valence-corrected chi connectivity index (χ1v) is 10.7. The maximum absolute atomic E-state index is 12.9. The van der Waals surface area contributed by atoms with E-state index in [9.17, 15) is 18.0 Å². The van der Waals surface area contributed by atoms with Gasteiger partial charge >= 0.3 is 5.97 Å². The molecule has 1 N–H and O–H groups in total. The van der Waals surface area contributed by atoms with E-state index in [2.05, 4.69) is 18.6 Å². The second-order valence-corrected chi connectivity index (χ2v) is 10.3. The van der Waals surface area contributed by atoms with Gasteiger partial charge in [0.15, 0.2) is 0 Å². The first kappa shape index (κ1) is 20.0. The van der Waals surface area contributed by atoms with Crippen LogP contribution in [0.1, 0.15) is 46.1 Å². The maximum atomic E-state index is 12.9. The number of Topliss-reactive ketones (excluding diaryl/α,β-unsaturated/α-hetero) is 1. The van der Waals surface area contributed by atoms with E-state index < -0.39 is 39.3 Å². The molecule has 148 valence electrons. The van der Waals surface area contributed by atoms with Crippen molar-refractivity contribution in [3.8, 4) is 0 Å². The molecule has 0 spiro atoms. The van der Waals surface area contributed by atoms with Crippen LogP contribution in [-0.4, -0.2) is 32.3 Å². The average Bonchev–Trinajstić information content (AvgIpc) is 2.88. The molecular formula is C20H27NO5S. The number of nitrogens with one attached hydrogen (secondary N) is 1. The molecule has 2 bridgehead atoms. The highest BCUT2D eigenvalue weighted by Crippen LogP contribution is 2.66. The van der Waals surface area contributed by atoms with Crippen molar-refractivity contribution < 1.29 is 22.7 Å². The van der Waals surface area contributed by atoms with Gasteiger partial charge < -0.3 is 4.74 Å².